The molecule has 0 amide bonds. The zero-order valence-corrected chi connectivity index (χ0v) is 15.8. The van der Waals surface area contributed by atoms with Crippen LogP contribution in [0.1, 0.15) is 36.6 Å². The molecule has 0 saturated heterocycles. The van der Waals surface area contributed by atoms with Crippen LogP contribution in [0.25, 0.3) is 5.65 Å². The third-order valence-corrected chi connectivity index (χ3v) is 4.48. The van der Waals surface area contributed by atoms with Crippen molar-refractivity contribution in [3.8, 4) is 0 Å². The van der Waals surface area contributed by atoms with Crippen LogP contribution in [0.2, 0.25) is 0 Å². The Labute approximate surface area is 153 Å². The van der Waals surface area contributed by atoms with Crippen molar-refractivity contribution < 1.29 is 0 Å². The highest BCUT2D eigenvalue weighted by molar-refractivity contribution is 5.79. The van der Waals surface area contributed by atoms with E-state index >= 15 is 0 Å². The average molecular weight is 354 g/mol. The van der Waals surface area contributed by atoms with Crippen molar-refractivity contribution in [1.29, 1.82) is 0 Å². The van der Waals surface area contributed by atoms with Crippen LogP contribution in [-0.2, 0) is 33.0 Å². The van der Waals surface area contributed by atoms with Crippen molar-refractivity contribution in [2.45, 2.75) is 39.8 Å². The van der Waals surface area contributed by atoms with Gasteiger partial charge in [0.25, 0.3) is 0 Å². The maximum absolute atomic E-state index is 4.62. The molecule has 0 atom stereocenters. The number of nitrogens with one attached hydrogen (secondary N) is 2. The Morgan fingerprint density at radius 3 is 2.65 bits per heavy atom. The lowest BCUT2D eigenvalue weighted by molar-refractivity contribution is 0.702. The highest BCUT2D eigenvalue weighted by Gasteiger charge is 2.14. The molecule has 8 nitrogen and oxygen atoms in total. The number of aliphatic imine (C=N–C) groups is 1. The number of pyridine rings is 1. The predicted molar refractivity (Wildman–Crippen MR) is 102 cm³/mol. The van der Waals surface area contributed by atoms with Gasteiger partial charge in [-0.3, -0.25) is 14.1 Å². The molecular weight excluding hydrogens is 328 g/mol. The van der Waals surface area contributed by atoms with Gasteiger partial charge in [-0.2, -0.15) is 5.10 Å². The lowest BCUT2D eigenvalue weighted by Crippen LogP contribution is -2.37. The number of aromatic nitrogens is 5. The lowest BCUT2D eigenvalue weighted by Gasteiger charge is -2.12. The molecule has 0 unspecified atom stereocenters. The molecule has 3 heterocycles. The number of aryl methyl sites for hydroxylation is 2. The molecule has 0 aliphatic heterocycles. The first-order chi connectivity index (χ1) is 12.7. The fraction of sp³-hybridized carbons (Fsp3) is 0.444. The molecule has 3 aromatic heterocycles. The molecule has 3 aromatic rings. The minimum absolute atomic E-state index is 0.541. The Morgan fingerprint density at radius 1 is 1.12 bits per heavy atom. The van der Waals surface area contributed by atoms with Crippen molar-refractivity contribution in [3.05, 3.63) is 47.2 Å². The van der Waals surface area contributed by atoms with Crippen molar-refractivity contribution in [3.63, 3.8) is 0 Å². The van der Waals surface area contributed by atoms with Crippen molar-refractivity contribution in [1.82, 2.24) is 35.0 Å². The molecule has 0 aromatic carbocycles. The second-order valence-corrected chi connectivity index (χ2v) is 6.03. The van der Waals surface area contributed by atoms with Gasteiger partial charge in [0.15, 0.2) is 17.4 Å². The van der Waals surface area contributed by atoms with E-state index in [2.05, 4.69) is 44.8 Å². The van der Waals surface area contributed by atoms with Gasteiger partial charge in [0, 0.05) is 38.1 Å². The van der Waals surface area contributed by atoms with Crippen LogP contribution < -0.4 is 10.6 Å². The highest BCUT2D eigenvalue weighted by atomic mass is 15.3. The number of nitrogens with zero attached hydrogens (tertiary/aromatic N) is 6. The van der Waals surface area contributed by atoms with E-state index in [1.807, 2.05) is 40.5 Å². The molecule has 138 valence electrons. The van der Waals surface area contributed by atoms with Crippen LogP contribution in [0.4, 0.5) is 0 Å². The summed E-state index contributed by atoms with van der Waals surface area (Å²) in [5.74, 6) is 1.57. The summed E-state index contributed by atoms with van der Waals surface area (Å²) in [6.45, 7) is 5.53. The first-order valence-electron chi connectivity index (χ1n) is 8.94. The molecule has 2 N–H and O–H groups in total. The Morgan fingerprint density at radius 2 is 1.92 bits per heavy atom. The molecule has 0 spiro atoms. The van der Waals surface area contributed by atoms with E-state index in [-0.39, 0.29) is 0 Å². The maximum Gasteiger partial charge on any atom is 0.191 e. The van der Waals surface area contributed by atoms with Gasteiger partial charge in [-0.25, -0.2) is 0 Å². The van der Waals surface area contributed by atoms with Crippen LogP contribution in [0.3, 0.4) is 0 Å². The first-order valence-corrected chi connectivity index (χ1v) is 8.94. The van der Waals surface area contributed by atoms with Gasteiger partial charge >= 0.3 is 0 Å². The molecule has 0 bridgehead atoms. The number of rotatable bonds is 6. The number of guanidine groups is 1. The van der Waals surface area contributed by atoms with E-state index in [1.165, 1.54) is 11.3 Å². The first kappa shape index (κ1) is 17.9. The summed E-state index contributed by atoms with van der Waals surface area (Å²) in [5.41, 5.74) is 4.49. The topological polar surface area (TPSA) is 84.4 Å². The number of hydrogen-bond donors (Lipinski definition) is 2. The zero-order chi connectivity index (χ0) is 18.5. The van der Waals surface area contributed by atoms with Gasteiger partial charge in [0.2, 0.25) is 0 Å². The van der Waals surface area contributed by atoms with Gasteiger partial charge in [0.05, 0.1) is 12.2 Å². The summed E-state index contributed by atoms with van der Waals surface area (Å²) in [5, 5.41) is 19.7. The van der Waals surface area contributed by atoms with Gasteiger partial charge in [-0.15, -0.1) is 10.2 Å². The second kappa shape index (κ2) is 7.99. The number of hydrogen-bond acceptors (Lipinski definition) is 4. The molecule has 0 saturated carbocycles. The Bertz CT molecular complexity index is 905. The van der Waals surface area contributed by atoms with E-state index in [1.54, 1.807) is 7.05 Å². The van der Waals surface area contributed by atoms with Gasteiger partial charge < -0.3 is 10.6 Å². The summed E-state index contributed by atoms with van der Waals surface area (Å²) in [4.78, 5) is 4.31. The summed E-state index contributed by atoms with van der Waals surface area (Å²) >= 11 is 0. The highest BCUT2D eigenvalue weighted by Crippen LogP contribution is 2.15. The third kappa shape index (κ3) is 3.54. The van der Waals surface area contributed by atoms with Crippen molar-refractivity contribution in [2.75, 3.05) is 7.05 Å². The summed E-state index contributed by atoms with van der Waals surface area (Å²) in [6.07, 6.45) is 3.83. The molecule has 3 rings (SSSR count). The SMILES string of the molecule is CCc1nn(C)c(CC)c1CNC(=NC)NCc1nnc2ccccn12. The van der Waals surface area contributed by atoms with E-state index in [0.717, 1.165) is 36.0 Å². The average Bonchev–Trinajstić information content (AvgIpc) is 3.22. The van der Waals surface area contributed by atoms with Gasteiger partial charge in [0.1, 0.15) is 0 Å². The molecule has 0 fully saturated rings. The molecule has 8 heteroatoms. The van der Waals surface area contributed by atoms with E-state index in [0.29, 0.717) is 13.1 Å². The van der Waals surface area contributed by atoms with E-state index < -0.39 is 0 Å². The molecule has 0 radical (unpaired) electrons. The van der Waals surface area contributed by atoms with Crippen molar-refractivity contribution >= 4 is 11.6 Å². The molecular formula is C18H26N8. The minimum Gasteiger partial charge on any atom is -0.352 e. The second-order valence-electron chi connectivity index (χ2n) is 6.03. The summed E-state index contributed by atoms with van der Waals surface area (Å²) in [6, 6.07) is 5.85. The Balaban J connectivity index is 1.66. The van der Waals surface area contributed by atoms with E-state index in [9.17, 15) is 0 Å². The fourth-order valence-electron chi connectivity index (χ4n) is 3.16. The quantitative estimate of drug-likeness (QED) is 0.517. The molecule has 26 heavy (non-hydrogen) atoms. The van der Waals surface area contributed by atoms with Crippen LogP contribution in [0.5, 0.6) is 0 Å². The maximum atomic E-state index is 4.62. The van der Waals surface area contributed by atoms with Gasteiger partial charge in [-0.1, -0.05) is 19.9 Å². The van der Waals surface area contributed by atoms with Crippen LogP contribution in [0, 0.1) is 0 Å². The van der Waals surface area contributed by atoms with Gasteiger partial charge in [-0.05, 0) is 25.0 Å². The summed E-state index contributed by atoms with van der Waals surface area (Å²) in [7, 11) is 3.77. The Kier molecular flexibility index (Phi) is 5.50. The van der Waals surface area contributed by atoms with Crippen LogP contribution in [-0.4, -0.2) is 37.4 Å². The minimum atomic E-state index is 0.541. The lowest BCUT2D eigenvalue weighted by atomic mass is 10.1. The van der Waals surface area contributed by atoms with Crippen LogP contribution >= 0.6 is 0 Å². The van der Waals surface area contributed by atoms with Crippen molar-refractivity contribution in [2.24, 2.45) is 12.0 Å². The normalized spacial score (nSPS) is 11.9. The largest absolute Gasteiger partial charge is 0.352 e. The smallest absolute Gasteiger partial charge is 0.191 e. The Hall–Kier alpha value is -2.90. The third-order valence-electron chi connectivity index (χ3n) is 4.48. The fourth-order valence-corrected chi connectivity index (χ4v) is 3.16. The predicted octanol–water partition coefficient (Wildman–Crippen LogP) is 1.45. The zero-order valence-electron chi connectivity index (χ0n) is 15.8. The van der Waals surface area contributed by atoms with Crippen LogP contribution in [0.15, 0.2) is 29.4 Å². The standard InChI is InChI=1S/C18H26N8/c1-5-14-13(15(6-2)25(4)24-14)11-20-18(19-3)21-12-17-23-22-16-9-7-8-10-26(16)17/h7-10H,5-6,11-12H2,1-4H3,(H2,19,20,21). The molecule has 0 aliphatic carbocycles. The van der Waals surface area contributed by atoms with E-state index in [4.69, 9.17) is 0 Å². The monoisotopic (exact) mass is 354 g/mol. The number of fused-ring (bicyclic) bond motifs is 1. The summed E-state index contributed by atoms with van der Waals surface area (Å²) < 4.78 is 3.94. The molecule has 0 aliphatic rings.